The van der Waals surface area contributed by atoms with Gasteiger partial charge in [-0.25, -0.2) is 0 Å². The third-order valence-corrected chi connectivity index (χ3v) is 4.65. The lowest BCUT2D eigenvalue weighted by Gasteiger charge is -2.16. The quantitative estimate of drug-likeness (QED) is 0.803. The average Bonchev–Trinajstić information content (AvgIpc) is 2.91. The Bertz CT molecular complexity index is 739. The number of aromatic nitrogens is 3. The fourth-order valence-corrected chi connectivity index (χ4v) is 3.10. The van der Waals surface area contributed by atoms with Gasteiger partial charge in [-0.2, -0.15) is 5.10 Å². The van der Waals surface area contributed by atoms with E-state index >= 15 is 0 Å². The van der Waals surface area contributed by atoms with Crippen LogP contribution in [-0.2, 0) is 6.54 Å². The number of H-pyrrole nitrogens is 1. The van der Waals surface area contributed by atoms with Gasteiger partial charge in [0.2, 0.25) is 0 Å². The summed E-state index contributed by atoms with van der Waals surface area (Å²) in [5.74, 6) is -0.169. The van der Waals surface area contributed by atoms with Crippen molar-refractivity contribution in [2.45, 2.75) is 40.2 Å². The van der Waals surface area contributed by atoms with E-state index in [1.54, 1.807) is 6.20 Å². The van der Waals surface area contributed by atoms with Crippen molar-refractivity contribution >= 4 is 11.7 Å². The van der Waals surface area contributed by atoms with Crippen LogP contribution in [-0.4, -0.2) is 33.0 Å². The molecule has 1 amide bonds. The Kier molecular flexibility index (Phi) is 3.83. The maximum absolute atomic E-state index is 12.5. The van der Waals surface area contributed by atoms with E-state index in [-0.39, 0.29) is 17.1 Å². The largest absolute Gasteiger partial charge is 0.355 e. The summed E-state index contributed by atoms with van der Waals surface area (Å²) < 4.78 is 1.92. The average molecular weight is 314 g/mol. The van der Waals surface area contributed by atoms with E-state index in [1.807, 2.05) is 30.8 Å². The van der Waals surface area contributed by atoms with Gasteiger partial charge >= 0.3 is 0 Å². The molecule has 6 nitrogen and oxygen atoms in total. The summed E-state index contributed by atoms with van der Waals surface area (Å²) in [6.45, 7) is 6.59. The second-order valence-corrected chi connectivity index (χ2v) is 6.57. The Morgan fingerprint density at radius 3 is 2.65 bits per heavy atom. The number of nitrogens with zero attached hydrogens (tertiary/aromatic N) is 2. The standard InChI is InChI=1S/C17H22N4O2/c1-11-14(12(2)20-15(11)13(3)22)16(23)18-9-17(5-6-17)10-21-8-4-7-19-21/h4,7-8,20H,5-6,9-10H2,1-3H3,(H,18,23). The van der Waals surface area contributed by atoms with Gasteiger partial charge in [0.25, 0.3) is 5.91 Å². The fraction of sp³-hybridized carbons (Fsp3) is 0.471. The van der Waals surface area contributed by atoms with E-state index in [0.717, 1.165) is 30.6 Å². The van der Waals surface area contributed by atoms with E-state index < -0.39 is 0 Å². The van der Waals surface area contributed by atoms with E-state index in [4.69, 9.17) is 0 Å². The third kappa shape index (κ3) is 3.06. The minimum absolute atomic E-state index is 0.0537. The maximum Gasteiger partial charge on any atom is 0.253 e. The van der Waals surface area contributed by atoms with Crippen molar-refractivity contribution in [2.24, 2.45) is 5.41 Å². The third-order valence-electron chi connectivity index (χ3n) is 4.65. The summed E-state index contributed by atoms with van der Waals surface area (Å²) in [5, 5.41) is 7.28. The zero-order valence-electron chi connectivity index (χ0n) is 13.8. The van der Waals surface area contributed by atoms with Crippen LogP contribution in [0.4, 0.5) is 0 Å². The van der Waals surface area contributed by atoms with E-state index in [0.29, 0.717) is 17.8 Å². The van der Waals surface area contributed by atoms with Gasteiger partial charge in [0.05, 0.1) is 11.3 Å². The van der Waals surface area contributed by atoms with Gasteiger partial charge in [-0.05, 0) is 38.3 Å². The van der Waals surface area contributed by atoms with Gasteiger partial charge in [-0.1, -0.05) is 0 Å². The zero-order chi connectivity index (χ0) is 16.6. The molecule has 122 valence electrons. The number of hydrogen-bond acceptors (Lipinski definition) is 3. The Morgan fingerprint density at radius 2 is 2.13 bits per heavy atom. The molecule has 23 heavy (non-hydrogen) atoms. The molecular formula is C17H22N4O2. The number of ketones is 1. The first-order valence-electron chi connectivity index (χ1n) is 7.88. The van der Waals surface area contributed by atoms with Gasteiger partial charge in [0.15, 0.2) is 5.78 Å². The highest BCUT2D eigenvalue weighted by atomic mass is 16.1. The van der Waals surface area contributed by atoms with E-state index in [9.17, 15) is 9.59 Å². The second-order valence-electron chi connectivity index (χ2n) is 6.57. The molecule has 1 fully saturated rings. The second kappa shape index (κ2) is 5.68. The fourth-order valence-electron chi connectivity index (χ4n) is 3.10. The molecule has 6 heteroatoms. The van der Waals surface area contributed by atoms with E-state index in [1.165, 1.54) is 6.92 Å². The molecule has 2 heterocycles. The lowest BCUT2D eigenvalue weighted by Crippen LogP contribution is -2.33. The number of Topliss-reactive ketones (excluding diaryl/α,β-unsaturated/α-hetero) is 1. The van der Waals surface area contributed by atoms with Crippen LogP contribution in [0.5, 0.6) is 0 Å². The van der Waals surface area contributed by atoms with Crippen LogP contribution in [0.2, 0.25) is 0 Å². The summed E-state index contributed by atoms with van der Waals surface area (Å²) in [7, 11) is 0. The molecule has 0 saturated heterocycles. The molecule has 1 aliphatic rings. The molecule has 3 rings (SSSR count). The summed E-state index contributed by atoms with van der Waals surface area (Å²) in [5.41, 5.74) is 2.69. The first-order chi connectivity index (χ1) is 10.9. The van der Waals surface area contributed by atoms with Gasteiger partial charge in [0.1, 0.15) is 0 Å². The van der Waals surface area contributed by atoms with E-state index in [2.05, 4.69) is 15.4 Å². The summed E-state index contributed by atoms with van der Waals surface area (Å²) >= 11 is 0. The first kappa shape index (κ1) is 15.5. The molecule has 0 radical (unpaired) electrons. The molecule has 2 aromatic rings. The summed E-state index contributed by atoms with van der Waals surface area (Å²) in [4.78, 5) is 27.1. The number of amides is 1. The molecule has 0 spiro atoms. The number of aromatic amines is 1. The minimum Gasteiger partial charge on any atom is -0.355 e. The highest BCUT2D eigenvalue weighted by Crippen LogP contribution is 2.46. The number of aryl methyl sites for hydroxylation is 1. The first-order valence-corrected chi connectivity index (χ1v) is 7.88. The highest BCUT2D eigenvalue weighted by molar-refractivity contribution is 6.02. The summed E-state index contributed by atoms with van der Waals surface area (Å²) in [6, 6.07) is 1.91. The van der Waals surface area contributed by atoms with Crippen LogP contribution < -0.4 is 5.32 Å². The van der Waals surface area contributed by atoms with Crippen LogP contribution in [0.15, 0.2) is 18.5 Å². The highest BCUT2D eigenvalue weighted by Gasteiger charge is 2.43. The normalized spacial score (nSPS) is 15.4. The monoisotopic (exact) mass is 314 g/mol. The molecular weight excluding hydrogens is 292 g/mol. The van der Waals surface area contributed by atoms with Crippen molar-refractivity contribution in [3.8, 4) is 0 Å². The molecule has 0 bridgehead atoms. The van der Waals surface area contributed by atoms with Crippen LogP contribution in [0.3, 0.4) is 0 Å². The zero-order valence-corrected chi connectivity index (χ0v) is 13.8. The lowest BCUT2D eigenvalue weighted by atomic mass is 10.1. The van der Waals surface area contributed by atoms with Crippen molar-refractivity contribution in [1.82, 2.24) is 20.1 Å². The molecule has 1 saturated carbocycles. The van der Waals surface area contributed by atoms with Crippen LogP contribution >= 0.6 is 0 Å². The maximum atomic E-state index is 12.5. The number of carbonyl (C=O) groups excluding carboxylic acids is 2. The topological polar surface area (TPSA) is 79.8 Å². The predicted octanol–water partition coefficient (Wildman–Crippen LogP) is 2.24. The minimum atomic E-state index is -0.115. The Hall–Kier alpha value is -2.37. The van der Waals surface area contributed by atoms with Crippen molar-refractivity contribution in [3.63, 3.8) is 0 Å². The molecule has 2 N–H and O–H groups in total. The van der Waals surface area contributed by atoms with Crippen molar-refractivity contribution in [3.05, 3.63) is 41.0 Å². The predicted molar refractivity (Wildman–Crippen MR) is 86.5 cm³/mol. The Morgan fingerprint density at radius 1 is 1.39 bits per heavy atom. The molecule has 0 unspecified atom stereocenters. The number of nitrogens with one attached hydrogen (secondary N) is 2. The van der Waals surface area contributed by atoms with Crippen LogP contribution in [0, 0.1) is 19.3 Å². The molecule has 2 aromatic heterocycles. The van der Waals surface area contributed by atoms with Crippen LogP contribution in [0.25, 0.3) is 0 Å². The number of carbonyl (C=O) groups is 2. The van der Waals surface area contributed by atoms with Gasteiger partial charge in [0, 0.05) is 43.5 Å². The number of hydrogen-bond donors (Lipinski definition) is 2. The number of rotatable bonds is 6. The van der Waals surface area contributed by atoms with Gasteiger partial charge in [-0.15, -0.1) is 0 Å². The van der Waals surface area contributed by atoms with Crippen LogP contribution in [0.1, 0.15) is 51.9 Å². The molecule has 0 aliphatic heterocycles. The molecule has 0 aromatic carbocycles. The Labute approximate surface area is 135 Å². The van der Waals surface area contributed by atoms with Gasteiger partial charge in [-0.3, -0.25) is 14.3 Å². The van der Waals surface area contributed by atoms with Crippen molar-refractivity contribution < 1.29 is 9.59 Å². The van der Waals surface area contributed by atoms with Gasteiger partial charge < -0.3 is 10.3 Å². The SMILES string of the molecule is CC(=O)c1[nH]c(C)c(C(=O)NCC2(Cn3cccn3)CC2)c1C. The van der Waals surface area contributed by atoms with Crippen molar-refractivity contribution in [2.75, 3.05) is 6.54 Å². The lowest BCUT2D eigenvalue weighted by molar-refractivity contribution is 0.0941. The molecule has 0 atom stereocenters. The van der Waals surface area contributed by atoms with Crippen molar-refractivity contribution in [1.29, 1.82) is 0 Å². The summed E-state index contributed by atoms with van der Waals surface area (Å²) in [6.07, 6.45) is 5.90. The smallest absolute Gasteiger partial charge is 0.253 e. The molecule has 1 aliphatic carbocycles. The Balaban J connectivity index is 1.67.